The number of fused-ring (bicyclic) bond motifs is 1. The van der Waals surface area contributed by atoms with Crippen LogP contribution in [0.3, 0.4) is 0 Å². The molecule has 1 saturated heterocycles. The van der Waals surface area contributed by atoms with Crippen LogP contribution in [-0.2, 0) is 0 Å². The van der Waals surface area contributed by atoms with E-state index < -0.39 is 0 Å². The molecule has 1 aromatic heterocycles. The van der Waals surface area contributed by atoms with E-state index >= 15 is 0 Å². The van der Waals surface area contributed by atoms with Gasteiger partial charge in [-0.2, -0.15) is 0 Å². The lowest BCUT2D eigenvalue weighted by atomic mass is 10.1. The third-order valence-electron chi connectivity index (χ3n) is 6.10. The van der Waals surface area contributed by atoms with Crippen molar-refractivity contribution in [1.29, 1.82) is 0 Å². The van der Waals surface area contributed by atoms with Crippen LogP contribution in [0.15, 0.2) is 73.1 Å². The van der Waals surface area contributed by atoms with E-state index in [1.54, 1.807) is 6.33 Å². The highest BCUT2D eigenvalue weighted by atomic mass is 16.5. The molecule has 184 valence electrons. The minimum Gasteiger partial charge on any atom is -0.457 e. The maximum absolute atomic E-state index is 12.9. The highest BCUT2D eigenvalue weighted by Crippen LogP contribution is 2.30. The van der Waals surface area contributed by atoms with Crippen molar-refractivity contribution in [3.8, 4) is 11.5 Å². The zero-order chi connectivity index (χ0) is 24.9. The van der Waals surface area contributed by atoms with Crippen LogP contribution in [0.4, 0.5) is 27.7 Å². The summed E-state index contributed by atoms with van der Waals surface area (Å²) < 4.78 is 5.81. The molecule has 9 nitrogen and oxygen atoms in total. The third kappa shape index (κ3) is 5.10. The van der Waals surface area contributed by atoms with E-state index in [1.807, 2.05) is 78.6 Å². The number of aromatic nitrogens is 2. The number of urea groups is 1. The van der Waals surface area contributed by atoms with E-state index in [1.165, 1.54) is 0 Å². The summed E-state index contributed by atoms with van der Waals surface area (Å²) in [5.41, 5.74) is 9.34. The van der Waals surface area contributed by atoms with E-state index in [-0.39, 0.29) is 6.03 Å². The molecule has 0 spiro atoms. The average molecular weight is 484 g/mol. The van der Waals surface area contributed by atoms with Gasteiger partial charge in [-0.25, -0.2) is 14.8 Å². The van der Waals surface area contributed by atoms with Crippen LogP contribution in [0.2, 0.25) is 0 Å². The molecule has 5 rings (SSSR count). The van der Waals surface area contributed by atoms with Gasteiger partial charge in [0.05, 0.1) is 16.9 Å². The average Bonchev–Trinajstić information content (AvgIpc) is 2.91. The maximum atomic E-state index is 12.9. The number of piperazine rings is 1. The standard InChI is InChI=1S/C27H29N7O2/c1-2-29-25-17-24-22(16-23(25)28)26(31-18-30-24)33-12-14-34(15-13-33)27(35)32-19-8-10-21(11-9-19)36-20-6-4-3-5-7-20/h3-11,16-18,29H,2,12-15,28H2,1H3,(H,32,35). The molecule has 2 amide bonds. The van der Waals surface area contributed by atoms with Gasteiger partial charge in [0.25, 0.3) is 0 Å². The second kappa shape index (κ2) is 10.4. The zero-order valence-corrected chi connectivity index (χ0v) is 20.1. The zero-order valence-electron chi connectivity index (χ0n) is 20.1. The van der Waals surface area contributed by atoms with Crippen LogP contribution in [0.25, 0.3) is 10.9 Å². The Morgan fingerprint density at radius 2 is 1.69 bits per heavy atom. The van der Waals surface area contributed by atoms with Gasteiger partial charge in [-0.15, -0.1) is 0 Å². The summed E-state index contributed by atoms with van der Waals surface area (Å²) in [5, 5.41) is 7.15. The number of nitrogens with two attached hydrogens (primary N) is 1. The number of nitrogens with one attached hydrogen (secondary N) is 2. The largest absolute Gasteiger partial charge is 0.457 e. The minimum atomic E-state index is -0.126. The fourth-order valence-corrected chi connectivity index (χ4v) is 4.26. The molecule has 0 aliphatic carbocycles. The number of nitrogen functional groups attached to an aromatic ring is 1. The summed E-state index contributed by atoms with van der Waals surface area (Å²) in [6.07, 6.45) is 1.58. The molecule has 0 saturated carbocycles. The smallest absolute Gasteiger partial charge is 0.321 e. The van der Waals surface area contributed by atoms with E-state index in [2.05, 4.69) is 25.5 Å². The van der Waals surface area contributed by atoms with Crippen molar-refractivity contribution < 1.29 is 9.53 Å². The lowest BCUT2D eigenvalue weighted by molar-refractivity contribution is 0.208. The molecule has 3 aromatic carbocycles. The van der Waals surface area contributed by atoms with Crippen molar-refractivity contribution in [2.75, 3.05) is 54.0 Å². The number of hydrogen-bond donors (Lipinski definition) is 3. The molecule has 2 heterocycles. The van der Waals surface area contributed by atoms with Crippen molar-refractivity contribution in [3.63, 3.8) is 0 Å². The van der Waals surface area contributed by atoms with Crippen LogP contribution >= 0.6 is 0 Å². The first kappa shape index (κ1) is 23.2. The molecular weight excluding hydrogens is 454 g/mol. The molecule has 1 aliphatic rings. The van der Waals surface area contributed by atoms with E-state index in [0.717, 1.165) is 40.4 Å². The number of benzene rings is 3. The molecule has 0 unspecified atom stereocenters. The molecule has 36 heavy (non-hydrogen) atoms. The van der Waals surface area contributed by atoms with Gasteiger partial charge in [-0.05, 0) is 55.5 Å². The van der Waals surface area contributed by atoms with Crippen molar-refractivity contribution in [2.24, 2.45) is 0 Å². The number of rotatable bonds is 6. The fourth-order valence-electron chi connectivity index (χ4n) is 4.26. The van der Waals surface area contributed by atoms with Crippen LogP contribution in [0.1, 0.15) is 6.92 Å². The van der Waals surface area contributed by atoms with E-state index in [9.17, 15) is 4.79 Å². The van der Waals surface area contributed by atoms with Gasteiger partial charge in [0, 0.05) is 43.8 Å². The number of carbonyl (C=O) groups excluding carboxylic acids is 1. The third-order valence-corrected chi connectivity index (χ3v) is 6.10. The number of amides is 2. The first-order chi connectivity index (χ1) is 17.6. The number of nitrogens with zero attached hydrogens (tertiary/aromatic N) is 4. The summed E-state index contributed by atoms with van der Waals surface area (Å²) in [4.78, 5) is 25.8. The van der Waals surface area contributed by atoms with Crippen molar-refractivity contribution >= 4 is 39.8 Å². The molecule has 1 aliphatic heterocycles. The molecular formula is C27H29N7O2. The van der Waals surface area contributed by atoms with Crippen LogP contribution in [-0.4, -0.2) is 53.6 Å². The lowest BCUT2D eigenvalue weighted by Gasteiger charge is -2.35. The predicted molar refractivity (Wildman–Crippen MR) is 144 cm³/mol. The highest BCUT2D eigenvalue weighted by Gasteiger charge is 2.23. The molecule has 1 fully saturated rings. The lowest BCUT2D eigenvalue weighted by Crippen LogP contribution is -2.50. The summed E-state index contributed by atoms with van der Waals surface area (Å²) in [6, 6.07) is 20.7. The Hall–Kier alpha value is -4.53. The first-order valence-corrected chi connectivity index (χ1v) is 12.0. The Kier molecular flexibility index (Phi) is 6.70. The normalized spacial score (nSPS) is 13.5. The second-order valence-corrected chi connectivity index (χ2v) is 8.53. The Morgan fingerprint density at radius 1 is 0.972 bits per heavy atom. The van der Waals surface area contributed by atoms with Gasteiger partial charge in [-0.3, -0.25) is 0 Å². The molecule has 4 N–H and O–H groups in total. The van der Waals surface area contributed by atoms with E-state index in [4.69, 9.17) is 10.5 Å². The topological polar surface area (TPSA) is 109 Å². The Labute approximate surface area is 209 Å². The SMILES string of the molecule is CCNc1cc2ncnc(N3CCN(C(=O)Nc4ccc(Oc5ccccc5)cc4)CC3)c2cc1N. The molecule has 0 radical (unpaired) electrons. The summed E-state index contributed by atoms with van der Waals surface area (Å²) >= 11 is 0. The number of hydrogen-bond acceptors (Lipinski definition) is 7. The number of anilines is 4. The molecule has 0 atom stereocenters. The number of carbonyl (C=O) groups is 1. The Bertz CT molecular complexity index is 1340. The van der Waals surface area contributed by atoms with Gasteiger partial charge >= 0.3 is 6.03 Å². The van der Waals surface area contributed by atoms with Crippen LogP contribution in [0, 0.1) is 0 Å². The first-order valence-electron chi connectivity index (χ1n) is 12.0. The van der Waals surface area contributed by atoms with Crippen molar-refractivity contribution in [3.05, 3.63) is 73.1 Å². The van der Waals surface area contributed by atoms with Gasteiger partial charge in [0.2, 0.25) is 0 Å². The predicted octanol–water partition coefficient (Wildman–Crippen LogP) is 4.79. The van der Waals surface area contributed by atoms with Gasteiger partial charge < -0.3 is 30.9 Å². The Morgan fingerprint density at radius 3 is 2.42 bits per heavy atom. The van der Waals surface area contributed by atoms with Crippen LogP contribution < -0.4 is 26.0 Å². The molecule has 0 bridgehead atoms. The van der Waals surface area contributed by atoms with E-state index in [0.29, 0.717) is 37.6 Å². The maximum Gasteiger partial charge on any atom is 0.321 e. The monoisotopic (exact) mass is 483 g/mol. The van der Waals surface area contributed by atoms with Crippen LogP contribution in [0.5, 0.6) is 11.5 Å². The summed E-state index contributed by atoms with van der Waals surface area (Å²) in [5.74, 6) is 2.32. The van der Waals surface area contributed by atoms with Gasteiger partial charge in [-0.1, -0.05) is 18.2 Å². The summed E-state index contributed by atoms with van der Waals surface area (Å²) in [7, 11) is 0. The summed E-state index contributed by atoms with van der Waals surface area (Å²) in [6.45, 7) is 5.30. The Balaban J connectivity index is 1.20. The fraction of sp³-hybridized carbons (Fsp3) is 0.222. The molecule has 4 aromatic rings. The number of ether oxygens (including phenoxy) is 1. The second-order valence-electron chi connectivity index (χ2n) is 8.53. The quantitative estimate of drug-likeness (QED) is 0.338. The van der Waals surface area contributed by atoms with Crippen molar-refractivity contribution in [1.82, 2.24) is 14.9 Å². The minimum absolute atomic E-state index is 0.126. The molecule has 9 heteroatoms. The van der Waals surface area contributed by atoms with Gasteiger partial charge in [0.15, 0.2) is 0 Å². The number of para-hydroxylation sites is 1. The van der Waals surface area contributed by atoms with Crippen molar-refractivity contribution in [2.45, 2.75) is 6.92 Å². The van der Waals surface area contributed by atoms with Gasteiger partial charge in [0.1, 0.15) is 23.6 Å². The highest BCUT2D eigenvalue weighted by molar-refractivity contribution is 5.96.